The Bertz CT molecular complexity index is 1390. The zero-order chi connectivity index (χ0) is 38.0. The molecule has 0 fully saturated rings. The van der Waals surface area contributed by atoms with Crippen molar-refractivity contribution in [3.8, 4) is 11.1 Å². The molecule has 0 spiro atoms. The second kappa shape index (κ2) is 22.6. The second-order valence-electron chi connectivity index (χ2n) is 15.5. The van der Waals surface area contributed by atoms with Crippen LogP contribution >= 0.6 is 23.8 Å². The highest BCUT2D eigenvalue weighted by atomic mass is 79.9. The number of carbonyl (C=O) groups is 1. The maximum atomic E-state index is 13.6. The third-order valence-electron chi connectivity index (χ3n) is 10.3. The van der Waals surface area contributed by atoms with Crippen LogP contribution in [0.25, 0.3) is 11.1 Å². The van der Waals surface area contributed by atoms with Gasteiger partial charge in [-0.2, -0.15) is 0 Å². The zero-order valence-corrected chi connectivity index (χ0v) is 36.0. The summed E-state index contributed by atoms with van der Waals surface area (Å²) >= 11 is 3.22. The van der Waals surface area contributed by atoms with E-state index in [2.05, 4.69) is 92.4 Å². The average Bonchev–Trinajstić information content (AvgIpc) is 3.42. The minimum Gasteiger partial charge on any atom is -0.449 e. The minimum atomic E-state index is -4.39. The van der Waals surface area contributed by atoms with Gasteiger partial charge in [0.25, 0.3) is 0 Å². The Balaban J connectivity index is 1.70. The van der Waals surface area contributed by atoms with Gasteiger partial charge in [0.15, 0.2) is 8.32 Å². The molecule has 0 heterocycles. The largest absolute Gasteiger partial charge is 0.472 e. The molecule has 292 valence electrons. The molecule has 0 saturated heterocycles. The molecule has 8 nitrogen and oxygen atoms in total. The number of ether oxygens (including phenoxy) is 1. The molecular formula is C41H65BrNO7PSi. The molecule has 1 amide bonds. The van der Waals surface area contributed by atoms with Crippen LogP contribution in [0.3, 0.4) is 0 Å². The summed E-state index contributed by atoms with van der Waals surface area (Å²) in [5.74, 6) is -0.104. The number of fused-ring (bicyclic) bond motifs is 3. The molecule has 2 aromatic carbocycles. The molecule has 0 aliphatic heterocycles. The topological polar surface area (TPSA) is 103 Å². The summed E-state index contributed by atoms with van der Waals surface area (Å²) in [6.07, 6.45) is 17.8. The number of alkyl halides is 1. The van der Waals surface area contributed by atoms with Crippen molar-refractivity contribution in [1.29, 1.82) is 0 Å². The lowest BCUT2D eigenvalue weighted by molar-refractivity contribution is 0.0902. The summed E-state index contributed by atoms with van der Waals surface area (Å²) in [5.41, 5.74) is 4.52. The van der Waals surface area contributed by atoms with E-state index in [-0.39, 0.29) is 30.8 Å². The third kappa shape index (κ3) is 14.8. The van der Waals surface area contributed by atoms with Crippen LogP contribution in [0.5, 0.6) is 0 Å². The van der Waals surface area contributed by atoms with Gasteiger partial charge in [-0.3, -0.25) is 9.05 Å². The summed E-state index contributed by atoms with van der Waals surface area (Å²) in [6.45, 7) is 12.9. The quantitative estimate of drug-likeness (QED) is 0.0338. The third-order valence-corrected chi connectivity index (χ3v) is 16.1. The van der Waals surface area contributed by atoms with Gasteiger partial charge in [-0.1, -0.05) is 169 Å². The van der Waals surface area contributed by atoms with Crippen LogP contribution < -0.4 is 5.32 Å². The van der Waals surface area contributed by atoms with Gasteiger partial charge in [0.1, 0.15) is 6.61 Å². The van der Waals surface area contributed by atoms with Gasteiger partial charge in [0, 0.05) is 11.2 Å². The summed E-state index contributed by atoms with van der Waals surface area (Å²) in [7, 11) is -6.76. The van der Waals surface area contributed by atoms with E-state index in [1.54, 1.807) is 0 Å². The summed E-state index contributed by atoms with van der Waals surface area (Å²) in [6, 6.07) is 15.6. The zero-order valence-electron chi connectivity index (χ0n) is 32.5. The van der Waals surface area contributed by atoms with E-state index in [0.717, 1.165) is 41.5 Å². The standard InChI is InChI=1S/C41H65BrNO7PSi/c1-7-8-9-10-11-12-13-14-15-16-17-18-19-28-39(50-52(5,6)41(2,3)4)38(32-49-51(45,46)48-30-29-42)43-40(44)47-31-37-35-26-22-20-24-33(35)34-25-21-23-27-36(34)37/h19-28,37-39H,7-18,29-32H2,1-6H3,(H,43,44)(H,45,46)/t38-,39+/m0/s1. The highest BCUT2D eigenvalue weighted by Gasteiger charge is 2.41. The number of rotatable bonds is 25. The Morgan fingerprint density at radius 2 is 1.44 bits per heavy atom. The fourth-order valence-corrected chi connectivity index (χ4v) is 8.74. The lowest BCUT2D eigenvalue weighted by atomic mass is 9.98. The van der Waals surface area contributed by atoms with Crippen molar-refractivity contribution in [2.24, 2.45) is 0 Å². The van der Waals surface area contributed by atoms with Crippen molar-refractivity contribution in [2.75, 3.05) is 25.2 Å². The number of allylic oxidation sites excluding steroid dienone is 1. The van der Waals surface area contributed by atoms with Crippen LogP contribution in [0.15, 0.2) is 60.7 Å². The van der Waals surface area contributed by atoms with E-state index in [9.17, 15) is 14.3 Å². The monoisotopic (exact) mass is 821 g/mol. The number of unbranched alkanes of at least 4 members (excludes halogenated alkanes) is 11. The molecule has 0 radical (unpaired) electrons. The van der Waals surface area contributed by atoms with Crippen molar-refractivity contribution in [3.05, 3.63) is 71.8 Å². The van der Waals surface area contributed by atoms with Gasteiger partial charge in [-0.05, 0) is 53.2 Å². The van der Waals surface area contributed by atoms with Crippen LogP contribution in [-0.4, -0.2) is 56.6 Å². The van der Waals surface area contributed by atoms with Crippen molar-refractivity contribution >= 4 is 38.2 Å². The Morgan fingerprint density at radius 1 is 0.904 bits per heavy atom. The maximum absolute atomic E-state index is 13.6. The number of halogens is 1. The van der Waals surface area contributed by atoms with Crippen LogP contribution in [0.1, 0.15) is 122 Å². The number of benzene rings is 2. The van der Waals surface area contributed by atoms with Gasteiger partial charge < -0.3 is 19.4 Å². The molecule has 2 aromatic rings. The van der Waals surface area contributed by atoms with Gasteiger partial charge >= 0.3 is 13.9 Å². The Hall–Kier alpha value is -1.78. The fraction of sp³-hybridized carbons (Fsp3) is 0.634. The van der Waals surface area contributed by atoms with Gasteiger partial charge in [0.05, 0.1) is 25.4 Å². The number of phosphoric acid groups is 1. The molecule has 0 aromatic heterocycles. The lowest BCUT2D eigenvalue weighted by Crippen LogP contribution is -2.53. The molecule has 2 N–H and O–H groups in total. The molecule has 52 heavy (non-hydrogen) atoms. The van der Waals surface area contributed by atoms with E-state index in [0.29, 0.717) is 5.33 Å². The molecule has 1 aliphatic rings. The number of hydrogen-bond donors (Lipinski definition) is 2. The SMILES string of the molecule is CCCCCCCCCCCCCC=C[C@@H](O[Si](C)(C)C(C)(C)C)[C@H](COP(=O)(O)OCCBr)NC(=O)OCC1c2ccccc2-c2ccccc21. The van der Waals surface area contributed by atoms with Crippen molar-refractivity contribution in [1.82, 2.24) is 5.32 Å². The molecule has 11 heteroatoms. The molecular weight excluding hydrogens is 757 g/mol. The first kappa shape index (κ1) is 44.6. The highest BCUT2D eigenvalue weighted by molar-refractivity contribution is 9.09. The van der Waals surface area contributed by atoms with Crippen molar-refractivity contribution < 1.29 is 32.5 Å². The molecule has 0 saturated carbocycles. The van der Waals surface area contributed by atoms with Crippen LogP contribution in [0.2, 0.25) is 18.1 Å². The number of alkyl carbamates (subject to hydrolysis) is 1. The first-order valence-electron chi connectivity index (χ1n) is 19.4. The maximum Gasteiger partial charge on any atom is 0.472 e. The van der Waals surface area contributed by atoms with E-state index < -0.39 is 34.4 Å². The van der Waals surface area contributed by atoms with Gasteiger partial charge in [-0.15, -0.1) is 0 Å². The molecule has 3 atom stereocenters. The van der Waals surface area contributed by atoms with E-state index >= 15 is 0 Å². The fourth-order valence-electron chi connectivity index (χ4n) is 6.30. The number of amides is 1. The van der Waals surface area contributed by atoms with E-state index in [4.69, 9.17) is 18.2 Å². The first-order chi connectivity index (χ1) is 24.8. The van der Waals surface area contributed by atoms with Crippen molar-refractivity contribution in [2.45, 2.75) is 141 Å². The van der Waals surface area contributed by atoms with E-state index in [1.165, 1.54) is 57.8 Å². The summed E-state index contributed by atoms with van der Waals surface area (Å²) < 4.78 is 36.1. The first-order valence-corrected chi connectivity index (χ1v) is 25.0. The molecule has 3 rings (SSSR count). The van der Waals surface area contributed by atoms with Crippen LogP contribution in [-0.2, 0) is 22.8 Å². The molecule has 0 bridgehead atoms. The Morgan fingerprint density at radius 3 is 1.98 bits per heavy atom. The predicted octanol–water partition coefficient (Wildman–Crippen LogP) is 12.1. The van der Waals surface area contributed by atoms with Crippen LogP contribution in [0.4, 0.5) is 4.79 Å². The highest BCUT2D eigenvalue weighted by Crippen LogP contribution is 2.45. The van der Waals surface area contributed by atoms with Crippen molar-refractivity contribution in [3.63, 3.8) is 0 Å². The number of carbonyl (C=O) groups excluding carboxylic acids is 1. The minimum absolute atomic E-state index is 0.00100. The average molecular weight is 823 g/mol. The van der Waals surface area contributed by atoms with Gasteiger partial charge in [-0.25, -0.2) is 9.36 Å². The van der Waals surface area contributed by atoms with Gasteiger partial charge in [0.2, 0.25) is 0 Å². The Kier molecular flexibility index (Phi) is 19.4. The number of phosphoric ester groups is 1. The second-order valence-corrected chi connectivity index (χ2v) is 22.5. The Labute approximate surface area is 323 Å². The summed E-state index contributed by atoms with van der Waals surface area (Å²) in [5, 5.41) is 3.21. The normalized spacial score (nSPS) is 15.6. The number of hydrogen-bond acceptors (Lipinski definition) is 6. The predicted molar refractivity (Wildman–Crippen MR) is 220 cm³/mol. The molecule has 1 aliphatic carbocycles. The van der Waals surface area contributed by atoms with E-state index in [1.807, 2.05) is 30.3 Å². The smallest absolute Gasteiger partial charge is 0.449 e. The molecule has 1 unspecified atom stereocenters. The number of nitrogens with one attached hydrogen (secondary N) is 1. The summed E-state index contributed by atoms with van der Waals surface area (Å²) in [4.78, 5) is 24.0. The van der Waals surface area contributed by atoms with Crippen LogP contribution in [0, 0.1) is 0 Å². The lowest BCUT2D eigenvalue weighted by Gasteiger charge is -2.40.